The van der Waals surface area contributed by atoms with Crippen LogP contribution in [0.4, 0.5) is 0 Å². The number of rotatable bonds is 4. The summed E-state index contributed by atoms with van der Waals surface area (Å²) in [6.07, 6.45) is 2.19. The molecule has 1 aliphatic rings. The molecule has 3 rings (SSSR count). The van der Waals surface area contributed by atoms with Crippen LogP contribution in [0.3, 0.4) is 0 Å². The summed E-state index contributed by atoms with van der Waals surface area (Å²) < 4.78 is 0. The Bertz CT molecular complexity index is 766. The molecule has 0 unspecified atom stereocenters. The van der Waals surface area contributed by atoms with Crippen molar-refractivity contribution in [2.24, 2.45) is 0 Å². The van der Waals surface area contributed by atoms with Crippen molar-refractivity contribution in [2.45, 2.75) is 38.6 Å². The third-order valence-corrected chi connectivity index (χ3v) is 3.94. The first-order valence-corrected chi connectivity index (χ1v) is 7.40. The van der Waals surface area contributed by atoms with Crippen molar-refractivity contribution in [3.63, 3.8) is 0 Å². The maximum absolute atomic E-state index is 12.5. The molecule has 1 aliphatic carbocycles. The van der Waals surface area contributed by atoms with E-state index in [0.29, 0.717) is 11.5 Å². The van der Waals surface area contributed by atoms with Gasteiger partial charge in [-0.25, -0.2) is 0 Å². The lowest BCUT2D eigenvalue weighted by atomic mass is 10.0. The molecule has 114 valence electrons. The van der Waals surface area contributed by atoms with Crippen molar-refractivity contribution in [3.8, 4) is 0 Å². The smallest absolute Gasteiger partial charge is 0.325 e. The first-order chi connectivity index (χ1) is 10.5. The average molecular weight is 298 g/mol. The maximum atomic E-state index is 12.5. The molecule has 1 heterocycles. The highest BCUT2D eigenvalue weighted by Gasteiger charge is 2.27. The van der Waals surface area contributed by atoms with Gasteiger partial charge in [-0.2, -0.15) is 0 Å². The van der Waals surface area contributed by atoms with Crippen molar-refractivity contribution in [1.29, 1.82) is 0 Å². The first kappa shape index (κ1) is 14.5. The first-order valence-electron chi connectivity index (χ1n) is 7.40. The van der Waals surface area contributed by atoms with E-state index in [0.717, 1.165) is 35.0 Å². The third kappa shape index (κ3) is 2.79. The molecule has 1 amide bonds. The zero-order chi connectivity index (χ0) is 15.9. The Labute approximate surface area is 128 Å². The number of carboxylic acid groups (broad SMARTS) is 1. The van der Waals surface area contributed by atoms with Crippen molar-refractivity contribution >= 4 is 22.8 Å². The van der Waals surface area contributed by atoms with E-state index in [1.54, 1.807) is 0 Å². The summed E-state index contributed by atoms with van der Waals surface area (Å²) in [7, 11) is 0. The minimum Gasteiger partial charge on any atom is -0.480 e. The second-order valence-electron chi connectivity index (χ2n) is 5.92. The molecule has 2 N–H and O–H groups in total. The number of aromatic nitrogens is 1. The summed E-state index contributed by atoms with van der Waals surface area (Å²) >= 11 is 0. The van der Waals surface area contributed by atoms with Gasteiger partial charge in [0.05, 0.1) is 11.1 Å². The van der Waals surface area contributed by atoms with Crippen LogP contribution in [0.1, 0.15) is 47.3 Å². The second-order valence-corrected chi connectivity index (χ2v) is 5.92. The van der Waals surface area contributed by atoms with Gasteiger partial charge in [0.25, 0.3) is 5.91 Å². The van der Waals surface area contributed by atoms with Crippen LogP contribution >= 0.6 is 0 Å². The number of carboxylic acids is 1. The number of fused-ring (bicyclic) bond motifs is 1. The van der Waals surface area contributed by atoms with Gasteiger partial charge in [0, 0.05) is 17.0 Å². The van der Waals surface area contributed by atoms with E-state index in [2.05, 4.69) is 10.3 Å². The SMILES string of the molecule is Cc1ccc2nc(C3CC3)cc(C(=O)N[C@H](C)C(=O)O)c2c1. The summed E-state index contributed by atoms with van der Waals surface area (Å²) in [5, 5.41) is 12.3. The average Bonchev–Trinajstić information content (AvgIpc) is 3.30. The molecule has 5 heteroatoms. The predicted octanol–water partition coefficient (Wildman–Crippen LogP) is 2.62. The molecule has 5 nitrogen and oxygen atoms in total. The van der Waals surface area contributed by atoms with E-state index >= 15 is 0 Å². The number of hydrogen-bond donors (Lipinski definition) is 2. The van der Waals surface area contributed by atoms with Gasteiger partial charge >= 0.3 is 5.97 Å². The predicted molar refractivity (Wildman–Crippen MR) is 83.0 cm³/mol. The van der Waals surface area contributed by atoms with Gasteiger partial charge in [-0.3, -0.25) is 14.6 Å². The van der Waals surface area contributed by atoms with Crippen LogP contribution in [0.5, 0.6) is 0 Å². The summed E-state index contributed by atoms with van der Waals surface area (Å²) in [5.41, 5.74) is 3.24. The van der Waals surface area contributed by atoms with Gasteiger partial charge < -0.3 is 10.4 Å². The number of hydrogen-bond acceptors (Lipinski definition) is 3. The molecule has 1 atom stereocenters. The lowest BCUT2D eigenvalue weighted by Crippen LogP contribution is -2.38. The highest BCUT2D eigenvalue weighted by atomic mass is 16.4. The van der Waals surface area contributed by atoms with Crippen LogP contribution in [0.15, 0.2) is 24.3 Å². The molecule has 2 aromatic rings. The lowest BCUT2D eigenvalue weighted by molar-refractivity contribution is -0.138. The van der Waals surface area contributed by atoms with Crippen molar-refractivity contribution in [1.82, 2.24) is 10.3 Å². The summed E-state index contributed by atoms with van der Waals surface area (Å²) in [4.78, 5) is 28.1. The standard InChI is InChI=1S/C17H18N2O3/c1-9-3-6-14-12(7-9)13(8-15(19-14)11-4-5-11)16(20)18-10(2)17(21)22/h3,6-8,10-11H,4-5H2,1-2H3,(H,18,20)(H,21,22)/t10-/m1/s1. The number of amides is 1. The van der Waals surface area contributed by atoms with E-state index in [1.165, 1.54) is 6.92 Å². The molecular weight excluding hydrogens is 280 g/mol. The number of benzene rings is 1. The van der Waals surface area contributed by atoms with Crippen LogP contribution in [0, 0.1) is 6.92 Å². The van der Waals surface area contributed by atoms with Crippen LogP contribution in [0.2, 0.25) is 0 Å². The number of aryl methyl sites for hydroxylation is 1. The Kier molecular flexibility index (Phi) is 3.56. The molecule has 1 saturated carbocycles. The Morgan fingerprint density at radius 3 is 2.68 bits per heavy atom. The molecule has 0 aliphatic heterocycles. The van der Waals surface area contributed by atoms with E-state index in [4.69, 9.17) is 5.11 Å². The fourth-order valence-electron chi connectivity index (χ4n) is 2.47. The Balaban J connectivity index is 2.07. The van der Waals surface area contributed by atoms with E-state index in [1.807, 2.05) is 31.2 Å². The van der Waals surface area contributed by atoms with Crippen LogP contribution in [-0.2, 0) is 4.79 Å². The van der Waals surface area contributed by atoms with Crippen molar-refractivity contribution in [3.05, 3.63) is 41.1 Å². The number of nitrogens with zero attached hydrogens (tertiary/aromatic N) is 1. The maximum Gasteiger partial charge on any atom is 0.325 e. The number of carbonyl (C=O) groups is 2. The molecule has 1 aromatic carbocycles. The summed E-state index contributed by atoms with van der Waals surface area (Å²) in [6.45, 7) is 3.41. The Morgan fingerprint density at radius 2 is 2.05 bits per heavy atom. The molecule has 1 aromatic heterocycles. The minimum atomic E-state index is -1.05. The summed E-state index contributed by atoms with van der Waals surface area (Å²) in [5.74, 6) is -0.991. The molecule has 0 saturated heterocycles. The third-order valence-electron chi connectivity index (χ3n) is 3.94. The fraction of sp³-hybridized carbons (Fsp3) is 0.353. The Hall–Kier alpha value is -2.43. The number of aliphatic carboxylic acids is 1. The largest absolute Gasteiger partial charge is 0.480 e. The second kappa shape index (κ2) is 5.40. The highest BCUT2D eigenvalue weighted by Crippen LogP contribution is 2.40. The van der Waals surface area contributed by atoms with Gasteiger partial charge in [0.1, 0.15) is 6.04 Å². The molecule has 0 radical (unpaired) electrons. The fourth-order valence-corrected chi connectivity index (χ4v) is 2.47. The quantitative estimate of drug-likeness (QED) is 0.909. The van der Waals surface area contributed by atoms with Gasteiger partial charge in [-0.05, 0) is 44.9 Å². The minimum absolute atomic E-state index is 0.366. The number of carbonyl (C=O) groups excluding carboxylic acids is 1. The van der Waals surface area contributed by atoms with Crippen molar-refractivity contribution in [2.75, 3.05) is 0 Å². The highest BCUT2D eigenvalue weighted by molar-refractivity contribution is 6.07. The molecule has 0 spiro atoms. The zero-order valence-electron chi connectivity index (χ0n) is 12.6. The van der Waals surface area contributed by atoms with Crippen molar-refractivity contribution < 1.29 is 14.7 Å². The lowest BCUT2D eigenvalue weighted by Gasteiger charge is -2.13. The molecule has 22 heavy (non-hydrogen) atoms. The topological polar surface area (TPSA) is 79.3 Å². The number of pyridine rings is 1. The number of nitrogens with one attached hydrogen (secondary N) is 1. The van der Waals surface area contributed by atoms with Gasteiger partial charge in [-0.15, -0.1) is 0 Å². The van der Waals surface area contributed by atoms with E-state index < -0.39 is 12.0 Å². The Morgan fingerprint density at radius 1 is 1.32 bits per heavy atom. The van der Waals surface area contributed by atoms with E-state index in [9.17, 15) is 9.59 Å². The van der Waals surface area contributed by atoms with Gasteiger partial charge in [-0.1, -0.05) is 11.6 Å². The molecule has 1 fully saturated rings. The normalized spacial score (nSPS) is 15.5. The van der Waals surface area contributed by atoms with Crippen LogP contribution < -0.4 is 5.32 Å². The van der Waals surface area contributed by atoms with Gasteiger partial charge in [0.2, 0.25) is 0 Å². The zero-order valence-corrected chi connectivity index (χ0v) is 12.6. The molecule has 0 bridgehead atoms. The monoisotopic (exact) mass is 298 g/mol. The van der Waals surface area contributed by atoms with Gasteiger partial charge in [0.15, 0.2) is 0 Å². The van der Waals surface area contributed by atoms with E-state index in [-0.39, 0.29) is 5.91 Å². The summed E-state index contributed by atoms with van der Waals surface area (Å²) in [6, 6.07) is 6.68. The van der Waals surface area contributed by atoms with Crippen LogP contribution in [-0.4, -0.2) is 28.0 Å². The van der Waals surface area contributed by atoms with Crippen LogP contribution in [0.25, 0.3) is 10.9 Å². The molecular formula is C17H18N2O3.